The standard InChI is InChI=1S/C16H15ClN4O2.ClH/c17-11-6-2-1-5-10(11)13-12(19-9-22-13)14-20-15(21-23-14)16(18)7-3-4-8-16;/h1-2,5-6,9H,3-4,7-8,18H2;1H. The Kier molecular flexibility index (Phi) is 4.62. The second kappa shape index (κ2) is 6.55. The highest BCUT2D eigenvalue weighted by atomic mass is 35.5. The molecule has 2 N–H and O–H groups in total. The van der Waals surface area contributed by atoms with Gasteiger partial charge in [-0.2, -0.15) is 4.98 Å². The van der Waals surface area contributed by atoms with Crippen LogP contribution in [0.15, 0.2) is 39.6 Å². The quantitative estimate of drug-likeness (QED) is 0.746. The fraction of sp³-hybridized carbons (Fsp3) is 0.312. The fourth-order valence-electron chi connectivity index (χ4n) is 2.99. The average molecular weight is 367 g/mol. The molecule has 4 rings (SSSR count). The molecule has 126 valence electrons. The smallest absolute Gasteiger partial charge is 0.280 e. The number of hydrogen-bond acceptors (Lipinski definition) is 6. The molecule has 0 radical (unpaired) electrons. The van der Waals surface area contributed by atoms with Crippen LogP contribution >= 0.6 is 24.0 Å². The van der Waals surface area contributed by atoms with Crippen molar-refractivity contribution in [1.82, 2.24) is 15.1 Å². The van der Waals surface area contributed by atoms with Crippen molar-refractivity contribution in [2.75, 3.05) is 0 Å². The second-order valence-corrected chi connectivity index (χ2v) is 6.20. The highest BCUT2D eigenvalue weighted by molar-refractivity contribution is 6.33. The van der Waals surface area contributed by atoms with E-state index in [1.807, 2.05) is 18.2 Å². The Morgan fingerprint density at radius 1 is 1.17 bits per heavy atom. The van der Waals surface area contributed by atoms with Gasteiger partial charge in [-0.05, 0) is 25.0 Å². The number of aromatic nitrogens is 3. The minimum atomic E-state index is -0.504. The first kappa shape index (κ1) is 17.0. The third-order valence-electron chi connectivity index (χ3n) is 4.26. The van der Waals surface area contributed by atoms with Crippen molar-refractivity contribution < 1.29 is 8.94 Å². The first-order valence-electron chi connectivity index (χ1n) is 7.49. The number of benzene rings is 1. The predicted molar refractivity (Wildman–Crippen MR) is 91.8 cm³/mol. The van der Waals surface area contributed by atoms with Gasteiger partial charge < -0.3 is 14.7 Å². The molecule has 0 spiro atoms. The number of halogens is 2. The summed E-state index contributed by atoms with van der Waals surface area (Å²) in [5.74, 6) is 1.32. The Morgan fingerprint density at radius 2 is 1.92 bits per heavy atom. The SMILES string of the molecule is Cl.NC1(c2noc(-c3ncoc3-c3ccccc3Cl)n2)CCCC1. The van der Waals surface area contributed by atoms with E-state index in [4.69, 9.17) is 26.3 Å². The molecule has 1 saturated carbocycles. The van der Waals surface area contributed by atoms with Gasteiger partial charge in [0.2, 0.25) is 0 Å². The molecule has 6 nitrogen and oxygen atoms in total. The van der Waals surface area contributed by atoms with Crippen LogP contribution in [0.2, 0.25) is 5.02 Å². The Bertz CT molecular complexity index is 840. The second-order valence-electron chi connectivity index (χ2n) is 5.80. The lowest BCUT2D eigenvalue weighted by Gasteiger charge is -2.17. The summed E-state index contributed by atoms with van der Waals surface area (Å²) in [5.41, 5.74) is 7.06. The number of oxazole rings is 1. The van der Waals surface area contributed by atoms with Gasteiger partial charge in [-0.1, -0.05) is 41.7 Å². The summed E-state index contributed by atoms with van der Waals surface area (Å²) in [4.78, 5) is 8.66. The highest BCUT2D eigenvalue weighted by Crippen LogP contribution is 2.37. The van der Waals surface area contributed by atoms with Gasteiger partial charge in [0, 0.05) is 5.56 Å². The van der Waals surface area contributed by atoms with Crippen molar-refractivity contribution in [2.45, 2.75) is 31.2 Å². The van der Waals surface area contributed by atoms with Crippen molar-refractivity contribution in [3.63, 3.8) is 0 Å². The number of nitrogens with zero attached hydrogens (tertiary/aromatic N) is 3. The number of nitrogens with two attached hydrogens (primary N) is 1. The molecule has 1 aliphatic carbocycles. The van der Waals surface area contributed by atoms with Crippen LogP contribution < -0.4 is 5.73 Å². The molecule has 0 bridgehead atoms. The molecule has 2 heterocycles. The van der Waals surface area contributed by atoms with Crippen molar-refractivity contribution >= 4 is 24.0 Å². The molecule has 1 aliphatic rings. The molecule has 0 amide bonds. The fourth-order valence-corrected chi connectivity index (χ4v) is 3.21. The maximum absolute atomic E-state index is 6.37. The van der Waals surface area contributed by atoms with Crippen LogP contribution in [0.25, 0.3) is 22.9 Å². The summed E-state index contributed by atoms with van der Waals surface area (Å²) in [7, 11) is 0. The summed E-state index contributed by atoms with van der Waals surface area (Å²) >= 11 is 6.23. The molecule has 24 heavy (non-hydrogen) atoms. The monoisotopic (exact) mass is 366 g/mol. The summed E-state index contributed by atoms with van der Waals surface area (Å²) in [6.07, 6.45) is 5.22. The van der Waals surface area contributed by atoms with Gasteiger partial charge in [0.05, 0.1) is 10.6 Å². The molecule has 1 fully saturated rings. The van der Waals surface area contributed by atoms with Gasteiger partial charge in [0.15, 0.2) is 23.7 Å². The minimum Gasteiger partial charge on any atom is -0.443 e. The summed E-state index contributed by atoms with van der Waals surface area (Å²) < 4.78 is 10.9. The lowest BCUT2D eigenvalue weighted by Crippen LogP contribution is -2.34. The Morgan fingerprint density at radius 3 is 2.67 bits per heavy atom. The zero-order chi connectivity index (χ0) is 15.9. The Balaban J connectivity index is 0.00000169. The summed E-state index contributed by atoms with van der Waals surface area (Å²) in [5, 5.41) is 4.62. The molecule has 0 aliphatic heterocycles. The van der Waals surface area contributed by atoms with E-state index in [9.17, 15) is 0 Å². The minimum absolute atomic E-state index is 0. The van der Waals surface area contributed by atoms with E-state index in [0.29, 0.717) is 28.2 Å². The Hall–Kier alpha value is -1.89. The van der Waals surface area contributed by atoms with Crippen LogP contribution in [0.1, 0.15) is 31.5 Å². The third kappa shape index (κ3) is 2.81. The number of rotatable bonds is 3. The van der Waals surface area contributed by atoms with E-state index in [2.05, 4.69) is 15.1 Å². The van der Waals surface area contributed by atoms with Gasteiger partial charge in [0.1, 0.15) is 0 Å². The van der Waals surface area contributed by atoms with Crippen LogP contribution in [0.4, 0.5) is 0 Å². The van der Waals surface area contributed by atoms with Gasteiger partial charge in [-0.15, -0.1) is 12.4 Å². The first-order chi connectivity index (χ1) is 11.2. The van der Waals surface area contributed by atoms with E-state index in [0.717, 1.165) is 31.2 Å². The average Bonchev–Trinajstić information content (AvgIpc) is 3.27. The lowest BCUT2D eigenvalue weighted by atomic mass is 9.99. The highest BCUT2D eigenvalue weighted by Gasteiger charge is 2.36. The van der Waals surface area contributed by atoms with Gasteiger partial charge >= 0.3 is 0 Å². The molecular formula is C16H16Cl2N4O2. The molecule has 0 atom stereocenters. The van der Waals surface area contributed by atoms with E-state index in [1.54, 1.807) is 6.07 Å². The molecule has 0 unspecified atom stereocenters. The van der Waals surface area contributed by atoms with Crippen LogP contribution in [0.3, 0.4) is 0 Å². The summed E-state index contributed by atoms with van der Waals surface area (Å²) in [6.45, 7) is 0. The van der Waals surface area contributed by atoms with Crippen LogP contribution in [0, 0.1) is 0 Å². The van der Waals surface area contributed by atoms with Gasteiger partial charge in [0.25, 0.3) is 5.89 Å². The maximum atomic E-state index is 6.37. The van der Waals surface area contributed by atoms with Gasteiger partial charge in [-0.25, -0.2) is 4.98 Å². The van der Waals surface area contributed by atoms with Crippen LogP contribution in [-0.4, -0.2) is 15.1 Å². The largest absolute Gasteiger partial charge is 0.443 e. The van der Waals surface area contributed by atoms with E-state index < -0.39 is 5.54 Å². The van der Waals surface area contributed by atoms with Gasteiger partial charge in [-0.3, -0.25) is 0 Å². The molecule has 1 aromatic carbocycles. The topological polar surface area (TPSA) is 91.0 Å². The summed E-state index contributed by atoms with van der Waals surface area (Å²) in [6, 6.07) is 7.37. The normalized spacial score (nSPS) is 16.1. The zero-order valence-corrected chi connectivity index (χ0v) is 14.3. The predicted octanol–water partition coefficient (Wildman–Crippen LogP) is 4.19. The van der Waals surface area contributed by atoms with Crippen LogP contribution in [-0.2, 0) is 5.54 Å². The molecule has 2 aromatic heterocycles. The molecular weight excluding hydrogens is 351 g/mol. The van der Waals surface area contributed by atoms with E-state index in [1.165, 1.54) is 6.39 Å². The maximum Gasteiger partial charge on any atom is 0.280 e. The third-order valence-corrected chi connectivity index (χ3v) is 4.59. The lowest BCUT2D eigenvalue weighted by molar-refractivity contribution is 0.372. The van der Waals surface area contributed by atoms with E-state index >= 15 is 0 Å². The Labute approximate surface area is 149 Å². The van der Waals surface area contributed by atoms with Crippen LogP contribution in [0.5, 0.6) is 0 Å². The molecule has 3 aromatic rings. The number of hydrogen-bond donors (Lipinski definition) is 1. The zero-order valence-electron chi connectivity index (χ0n) is 12.7. The van der Waals surface area contributed by atoms with Crippen molar-refractivity contribution in [1.29, 1.82) is 0 Å². The van der Waals surface area contributed by atoms with Crippen molar-refractivity contribution in [3.8, 4) is 22.9 Å². The first-order valence-corrected chi connectivity index (χ1v) is 7.87. The van der Waals surface area contributed by atoms with Crippen molar-refractivity contribution in [3.05, 3.63) is 41.5 Å². The molecule has 0 saturated heterocycles. The van der Waals surface area contributed by atoms with Crippen molar-refractivity contribution in [2.24, 2.45) is 5.73 Å². The molecule has 8 heteroatoms. The van der Waals surface area contributed by atoms with E-state index in [-0.39, 0.29) is 12.4 Å².